The molecule has 0 aromatic heterocycles. The molecule has 0 bridgehead atoms. The van der Waals surface area contributed by atoms with E-state index in [1.165, 1.54) is 12.1 Å². The van der Waals surface area contributed by atoms with Gasteiger partial charge in [0.05, 0.1) is 27.3 Å². The topological polar surface area (TPSA) is 204 Å². The van der Waals surface area contributed by atoms with Crippen molar-refractivity contribution in [2.24, 2.45) is 17.3 Å². The first-order valence-corrected chi connectivity index (χ1v) is 22.2. The SMILES string of the molecule is COC(=O)N[C@H](C(=O)N1CC(F)(F)C[C@H]1C(=O)OCC(=O)c1ccc(-c2ccc(C(=O)COC(=O)[C@@H]3CC(F)(F)CN3C(=O)[C@@H](NC(=O)OC)C(C)C)c3c2CC2(CCCC2)C3)cc1)C(C)C. The smallest absolute Gasteiger partial charge is 0.407 e. The summed E-state index contributed by atoms with van der Waals surface area (Å²) in [4.78, 5) is 105. The van der Waals surface area contributed by atoms with E-state index in [9.17, 15) is 55.9 Å². The van der Waals surface area contributed by atoms with Crippen molar-refractivity contribution in [1.82, 2.24) is 20.4 Å². The highest BCUT2D eigenvalue weighted by Crippen LogP contribution is 2.52. The summed E-state index contributed by atoms with van der Waals surface area (Å²) in [5, 5.41) is 4.64. The van der Waals surface area contributed by atoms with Gasteiger partial charge in [0.1, 0.15) is 24.2 Å². The highest BCUT2D eigenvalue weighted by Gasteiger charge is 2.54. The third-order valence-corrected chi connectivity index (χ3v) is 13.1. The Bertz CT molecular complexity index is 2280. The molecule has 4 atom stereocenters. The lowest BCUT2D eigenvalue weighted by Crippen LogP contribution is -2.54. The lowest BCUT2D eigenvalue weighted by Gasteiger charge is -2.29. The van der Waals surface area contributed by atoms with Crippen molar-refractivity contribution < 1.29 is 74.9 Å². The van der Waals surface area contributed by atoms with Crippen LogP contribution in [0.5, 0.6) is 0 Å². The number of alkyl halides is 4. The van der Waals surface area contributed by atoms with Crippen molar-refractivity contribution in [2.45, 2.75) is 115 Å². The molecule has 2 saturated heterocycles. The number of likely N-dealkylation sites (tertiary alicyclic amines) is 2. The van der Waals surface area contributed by atoms with Gasteiger partial charge in [0.15, 0.2) is 19.0 Å². The number of amides is 4. The van der Waals surface area contributed by atoms with Gasteiger partial charge in [-0.15, -0.1) is 0 Å². The zero-order valence-electron chi connectivity index (χ0n) is 38.2. The summed E-state index contributed by atoms with van der Waals surface area (Å²) >= 11 is 0. The molecule has 16 nitrogen and oxygen atoms in total. The molecule has 2 aliphatic carbocycles. The Morgan fingerprint density at radius 1 is 0.642 bits per heavy atom. The van der Waals surface area contributed by atoms with E-state index in [-0.39, 0.29) is 11.0 Å². The standard InChI is InChI=1S/C47H56F4N4O12/c1-25(2)37(52-43(62)64-5)39(58)54-23-46(48,49)19-33(54)41(60)66-21-35(56)28-11-9-27(10-12-28)29-13-14-30(32-18-45(17-31(29)32)15-7-8-16-45)36(57)22-67-42(61)34-20-47(50,51)24-55(34)40(59)38(26(3)4)53-44(63)65-6/h9-14,25-26,33-34,37-38H,7-8,15-24H2,1-6H3,(H,52,62)(H,53,63)/t33-,34-,37-,38-/m0/s1. The molecule has 2 N–H and O–H groups in total. The van der Waals surface area contributed by atoms with Crippen LogP contribution in [0.4, 0.5) is 27.2 Å². The minimum atomic E-state index is -3.44. The minimum absolute atomic E-state index is 0.109. The molecule has 20 heteroatoms. The van der Waals surface area contributed by atoms with Crippen molar-refractivity contribution in [1.29, 1.82) is 0 Å². The van der Waals surface area contributed by atoms with E-state index in [2.05, 4.69) is 20.1 Å². The molecule has 2 aromatic rings. The molecule has 67 heavy (non-hydrogen) atoms. The Balaban J connectivity index is 1.14. The van der Waals surface area contributed by atoms with Crippen LogP contribution in [-0.4, -0.2) is 134 Å². The number of alkyl carbamates (subject to hydrolysis) is 2. The van der Waals surface area contributed by atoms with Crippen LogP contribution in [0.15, 0.2) is 36.4 Å². The Kier molecular flexibility index (Phi) is 15.0. The zero-order chi connectivity index (χ0) is 49.2. The maximum Gasteiger partial charge on any atom is 0.407 e. The molecular weight excluding hydrogens is 889 g/mol. The van der Waals surface area contributed by atoms with Gasteiger partial charge in [-0.3, -0.25) is 19.2 Å². The molecule has 364 valence electrons. The number of fused-ring (bicyclic) bond motifs is 1. The number of nitrogens with zero attached hydrogens (tertiary/aromatic N) is 2. The molecular formula is C47H56F4N4O12. The van der Waals surface area contributed by atoms with Crippen LogP contribution in [0.1, 0.15) is 98.1 Å². The number of carbonyl (C=O) groups excluding carboxylic acids is 8. The molecule has 4 amide bonds. The van der Waals surface area contributed by atoms with Gasteiger partial charge in [-0.2, -0.15) is 0 Å². The van der Waals surface area contributed by atoms with E-state index >= 15 is 0 Å². The first-order chi connectivity index (χ1) is 31.5. The monoisotopic (exact) mass is 944 g/mol. The van der Waals surface area contributed by atoms with Crippen molar-refractivity contribution >= 4 is 47.5 Å². The van der Waals surface area contributed by atoms with Gasteiger partial charge in [0, 0.05) is 24.0 Å². The second-order valence-electron chi connectivity index (χ2n) is 18.6. The molecule has 6 rings (SSSR count). The predicted octanol–water partition coefficient (Wildman–Crippen LogP) is 5.70. The maximum atomic E-state index is 14.7. The molecule has 1 saturated carbocycles. The number of carbonyl (C=O) groups is 8. The van der Waals surface area contributed by atoms with E-state index in [0.717, 1.165) is 56.6 Å². The van der Waals surface area contributed by atoms with Crippen LogP contribution in [0.25, 0.3) is 11.1 Å². The van der Waals surface area contributed by atoms with Crippen molar-refractivity contribution in [3.63, 3.8) is 0 Å². The Labute approximate surface area is 384 Å². The number of methoxy groups -OCH3 is 2. The third kappa shape index (κ3) is 11.2. The third-order valence-electron chi connectivity index (χ3n) is 13.1. The fourth-order valence-electron chi connectivity index (χ4n) is 9.66. The second-order valence-corrected chi connectivity index (χ2v) is 18.6. The quantitative estimate of drug-likeness (QED) is 0.0956. The lowest BCUT2D eigenvalue weighted by atomic mass is 9.82. The first-order valence-electron chi connectivity index (χ1n) is 22.2. The summed E-state index contributed by atoms with van der Waals surface area (Å²) in [5.41, 5.74) is 3.47. The molecule has 2 aliphatic heterocycles. The molecule has 4 aliphatic rings. The number of ether oxygens (including phenoxy) is 4. The summed E-state index contributed by atoms with van der Waals surface area (Å²) in [5.74, 6) is -13.4. The summed E-state index contributed by atoms with van der Waals surface area (Å²) < 4.78 is 78.4. The number of hydrogen-bond donors (Lipinski definition) is 2. The second kappa shape index (κ2) is 20.0. The summed E-state index contributed by atoms with van der Waals surface area (Å²) in [6, 6.07) is 3.76. The van der Waals surface area contributed by atoms with Gasteiger partial charge >= 0.3 is 24.1 Å². The van der Waals surface area contributed by atoms with Crippen molar-refractivity contribution in [3.05, 3.63) is 58.7 Å². The van der Waals surface area contributed by atoms with Gasteiger partial charge in [-0.1, -0.05) is 76.9 Å². The number of nitrogens with one attached hydrogen (secondary N) is 2. The van der Waals surface area contributed by atoms with Gasteiger partial charge in [-0.25, -0.2) is 36.7 Å². The van der Waals surface area contributed by atoms with Gasteiger partial charge in [0.2, 0.25) is 17.6 Å². The van der Waals surface area contributed by atoms with Crippen LogP contribution >= 0.6 is 0 Å². The van der Waals surface area contributed by atoms with Crippen molar-refractivity contribution in [2.75, 3.05) is 40.5 Å². The predicted molar refractivity (Wildman–Crippen MR) is 229 cm³/mol. The summed E-state index contributed by atoms with van der Waals surface area (Å²) in [6.07, 6.45) is 1.09. The average molecular weight is 945 g/mol. The highest BCUT2D eigenvalue weighted by molar-refractivity contribution is 6.02. The number of Topliss-reactive ketones (excluding diaryl/α,β-unsaturated/α-hetero) is 2. The first kappa shape index (κ1) is 50.3. The Hall–Kier alpha value is -6.08. The van der Waals surface area contributed by atoms with Crippen LogP contribution < -0.4 is 10.6 Å². The van der Waals surface area contributed by atoms with E-state index in [1.54, 1.807) is 52.0 Å². The maximum absolute atomic E-state index is 14.7. The van der Waals surface area contributed by atoms with E-state index in [1.807, 2.05) is 0 Å². The lowest BCUT2D eigenvalue weighted by molar-refractivity contribution is -0.153. The fourth-order valence-corrected chi connectivity index (χ4v) is 9.66. The van der Waals surface area contributed by atoms with Crippen LogP contribution in [0, 0.1) is 17.3 Å². The summed E-state index contributed by atoms with van der Waals surface area (Å²) in [7, 11) is 2.16. The van der Waals surface area contributed by atoms with Crippen molar-refractivity contribution in [3.8, 4) is 11.1 Å². The molecule has 2 heterocycles. The number of hydrogen-bond acceptors (Lipinski definition) is 12. The molecule has 1 spiro atoms. The summed E-state index contributed by atoms with van der Waals surface area (Å²) in [6.45, 7) is 2.57. The largest absolute Gasteiger partial charge is 0.456 e. The Morgan fingerprint density at radius 2 is 1.09 bits per heavy atom. The molecule has 0 unspecified atom stereocenters. The molecule has 2 aromatic carbocycles. The van der Waals surface area contributed by atoms with E-state index in [0.29, 0.717) is 33.8 Å². The van der Waals surface area contributed by atoms with Crippen LogP contribution in [0.3, 0.4) is 0 Å². The molecule has 3 fully saturated rings. The van der Waals surface area contributed by atoms with E-state index in [4.69, 9.17) is 9.47 Å². The number of halogens is 4. The normalized spacial score (nSPS) is 20.8. The highest BCUT2D eigenvalue weighted by atomic mass is 19.3. The Morgan fingerprint density at radius 3 is 1.54 bits per heavy atom. The number of benzene rings is 2. The van der Waals surface area contributed by atoms with Gasteiger partial charge < -0.3 is 39.4 Å². The van der Waals surface area contributed by atoms with Crippen LogP contribution in [0.2, 0.25) is 0 Å². The van der Waals surface area contributed by atoms with E-state index < -0.39 is 134 Å². The minimum Gasteiger partial charge on any atom is -0.456 e. The van der Waals surface area contributed by atoms with Gasteiger partial charge in [0.25, 0.3) is 11.8 Å². The fraction of sp³-hybridized carbons (Fsp3) is 0.574. The number of rotatable bonds is 15. The zero-order valence-corrected chi connectivity index (χ0v) is 38.2. The average Bonchev–Trinajstić information content (AvgIpc) is 4.07. The number of esters is 2. The number of ketones is 2. The van der Waals surface area contributed by atoms with Gasteiger partial charge in [-0.05, 0) is 65.2 Å². The molecule has 0 radical (unpaired) electrons. The van der Waals surface area contributed by atoms with Crippen LogP contribution in [-0.2, 0) is 51.0 Å².